The average molecular weight is 378 g/mol. The van der Waals surface area contributed by atoms with Crippen LogP contribution in [0.4, 0.5) is 0 Å². The molecule has 1 atom stereocenters. The SMILES string of the molecule is CCCCCCCCCCCC(OOP(=O)(O)O)OC(C)(C)C.[NaH]. The molecule has 142 valence electrons. The van der Waals surface area contributed by atoms with Crippen molar-refractivity contribution in [3.05, 3.63) is 0 Å². The first kappa shape index (κ1) is 27.3. The molecule has 0 aliphatic rings. The van der Waals surface area contributed by atoms with E-state index in [1.165, 1.54) is 38.5 Å². The summed E-state index contributed by atoms with van der Waals surface area (Å²) in [6, 6.07) is 0. The molecule has 0 fully saturated rings. The maximum absolute atomic E-state index is 10.7. The van der Waals surface area contributed by atoms with Crippen molar-refractivity contribution in [1.29, 1.82) is 0 Å². The molecule has 0 amide bonds. The van der Waals surface area contributed by atoms with Crippen molar-refractivity contribution in [3.63, 3.8) is 0 Å². The summed E-state index contributed by atoms with van der Waals surface area (Å²) in [6.45, 7) is 7.79. The van der Waals surface area contributed by atoms with Gasteiger partial charge < -0.3 is 14.5 Å². The molecule has 0 aromatic carbocycles. The summed E-state index contributed by atoms with van der Waals surface area (Å²) in [5, 5.41) is 0. The quantitative estimate of drug-likeness (QED) is 0.116. The van der Waals surface area contributed by atoms with E-state index in [0.29, 0.717) is 6.42 Å². The van der Waals surface area contributed by atoms with Crippen molar-refractivity contribution in [2.45, 2.75) is 104 Å². The second-order valence-electron chi connectivity index (χ2n) is 6.94. The summed E-state index contributed by atoms with van der Waals surface area (Å²) in [6.07, 6.45) is 10.6. The van der Waals surface area contributed by atoms with Gasteiger partial charge in [0.15, 0.2) is 6.29 Å². The Labute approximate surface area is 169 Å². The molecule has 24 heavy (non-hydrogen) atoms. The van der Waals surface area contributed by atoms with Gasteiger partial charge in [-0.15, -0.1) is 4.67 Å². The third-order valence-corrected chi connectivity index (χ3v) is 3.56. The van der Waals surface area contributed by atoms with E-state index in [1.807, 2.05) is 20.8 Å². The van der Waals surface area contributed by atoms with Crippen molar-refractivity contribution < 1.29 is 28.7 Å². The molecule has 6 nitrogen and oxygen atoms in total. The van der Waals surface area contributed by atoms with Crippen molar-refractivity contribution in [1.82, 2.24) is 0 Å². The van der Waals surface area contributed by atoms with Crippen LogP contribution in [0.15, 0.2) is 0 Å². The third kappa shape index (κ3) is 21.1. The Balaban J connectivity index is 0. The number of ether oxygens (including phenoxy) is 1. The third-order valence-electron chi connectivity index (χ3n) is 3.28. The van der Waals surface area contributed by atoms with Gasteiger partial charge in [-0.25, -0.2) is 4.57 Å². The predicted octanol–water partition coefficient (Wildman–Crippen LogP) is 4.44. The Bertz CT molecular complexity index is 329. The first-order valence-electron chi connectivity index (χ1n) is 8.72. The van der Waals surface area contributed by atoms with Gasteiger partial charge in [-0.1, -0.05) is 58.3 Å². The molecule has 0 aromatic heterocycles. The van der Waals surface area contributed by atoms with Crippen LogP contribution in [-0.2, 0) is 18.9 Å². The van der Waals surface area contributed by atoms with Gasteiger partial charge in [0.25, 0.3) is 0 Å². The summed E-state index contributed by atoms with van der Waals surface area (Å²) >= 11 is 0. The van der Waals surface area contributed by atoms with E-state index in [-0.39, 0.29) is 29.6 Å². The Morgan fingerprint density at radius 3 is 1.79 bits per heavy atom. The van der Waals surface area contributed by atoms with Crippen LogP contribution < -0.4 is 0 Å². The van der Waals surface area contributed by atoms with Gasteiger partial charge in [-0.05, 0) is 27.2 Å². The zero-order chi connectivity index (χ0) is 17.8. The molecule has 8 heteroatoms. The maximum atomic E-state index is 10.7. The molecule has 0 bridgehead atoms. The van der Waals surface area contributed by atoms with E-state index < -0.39 is 19.7 Å². The van der Waals surface area contributed by atoms with Gasteiger partial charge >= 0.3 is 37.4 Å². The van der Waals surface area contributed by atoms with Crippen LogP contribution in [0.2, 0.25) is 0 Å². The van der Waals surface area contributed by atoms with Crippen molar-refractivity contribution in [3.8, 4) is 0 Å². The standard InChI is InChI=1S/C16H35O6P.Na.H/c1-5-6-7-8-9-10-11-12-13-14-15(20-16(2,3)4)21-22-23(17,18)19;;/h15H,5-14H2,1-4H3,(H2,17,18,19);;. The van der Waals surface area contributed by atoms with E-state index in [1.54, 1.807) is 0 Å². The molecule has 0 saturated carbocycles. The van der Waals surface area contributed by atoms with Crippen molar-refractivity contribution >= 4 is 37.4 Å². The first-order valence-corrected chi connectivity index (χ1v) is 10.3. The van der Waals surface area contributed by atoms with E-state index in [0.717, 1.165) is 19.3 Å². The number of unbranched alkanes of at least 4 members (excludes halogenated alkanes) is 8. The minimum absolute atomic E-state index is 0. The van der Waals surface area contributed by atoms with Crippen LogP contribution in [-0.4, -0.2) is 51.2 Å². The van der Waals surface area contributed by atoms with Gasteiger partial charge in [0.05, 0.1) is 5.60 Å². The molecule has 2 N–H and O–H groups in total. The molecule has 0 heterocycles. The number of hydrogen-bond donors (Lipinski definition) is 2. The molecule has 0 saturated heterocycles. The van der Waals surface area contributed by atoms with Crippen LogP contribution in [0.25, 0.3) is 0 Å². The number of phosphoric acid groups is 1. The number of rotatable bonds is 14. The monoisotopic (exact) mass is 378 g/mol. The molecule has 0 aromatic rings. The fraction of sp³-hybridized carbons (Fsp3) is 1.00. The molecule has 0 rings (SSSR count). The Morgan fingerprint density at radius 2 is 1.38 bits per heavy atom. The molecule has 1 unspecified atom stereocenters. The van der Waals surface area contributed by atoms with Gasteiger partial charge in [0.2, 0.25) is 0 Å². The Morgan fingerprint density at radius 1 is 0.917 bits per heavy atom. The normalized spacial score (nSPS) is 13.6. The second kappa shape index (κ2) is 15.1. The van der Waals surface area contributed by atoms with Gasteiger partial charge in [0.1, 0.15) is 0 Å². The van der Waals surface area contributed by atoms with E-state index in [2.05, 4.69) is 11.6 Å². The van der Waals surface area contributed by atoms with Crippen molar-refractivity contribution in [2.75, 3.05) is 0 Å². The van der Waals surface area contributed by atoms with Crippen LogP contribution in [0.3, 0.4) is 0 Å². The zero-order valence-corrected chi connectivity index (χ0v) is 16.0. The second-order valence-corrected chi connectivity index (χ2v) is 8.07. The summed E-state index contributed by atoms with van der Waals surface area (Å²) < 4.78 is 20.4. The minimum atomic E-state index is -4.65. The van der Waals surface area contributed by atoms with E-state index in [4.69, 9.17) is 19.4 Å². The molecule has 0 aliphatic heterocycles. The molecular weight excluding hydrogens is 342 g/mol. The van der Waals surface area contributed by atoms with E-state index in [9.17, 15) is 4.57 Å². The first-order chi connectivity index (χ1) is 10.6. The van der Waals surface area contributed by atoms with E-state index >= 15 is 0 Å². The van der Waals surface area contributed by atoms with Gasteiger partial charge in [0, 0.05) is 6.42 Å². The van der Waals surface area contributed by atoms with Crippen LogP contribution in [0.1, 0.15) is 91.9 Å². The Kier molecular flexibility index (Phi) is 17.2. The summed E-state index contributed by atoms with van der Waals surface area (Å²) in [4.78, 5) is 22.2. The van der Waals surface area contributed by atoms with Crippen LogP contribution >= 0.6 is 7.82 Å². The molecule has 0 aliphatic carbocycles. The molecular formula is C16H36NaO6P. The summed E-state index contributed by atoms with van der Waals surface area (Å²) in [5.74, 6) is 0. The van der Waals surface area contributed by atoms with Crippen LogP contribution in [0.5, 0.6) is 0 Å². The fourth-order valence-electron chi connectivity index (χ4n) is 2.25. The fourth-order valence-corrected chi connectivity index (χ4v) is 2.45. The van der Waals surface area contributed by atoms with Crippen molar-refractivity contribution in [2.24, 2.45) is 0 Å². The number of hydrogen-bond acceptors (Lipinski definition) is 4. The Hall–Kier alpha value is 1.03. The van der Waals surface area contributed by atoms with Gasteiger partial charge in [-0.3, -0.25) is 0 Å². The zero-order valence-electron chi connectivity index (χ0n) is 15.1. The topological polar surface area (TPSA) is 85.2 Å². The predicted molar refractivity (Wildman–Crippen MR) is 97.8 cm³/mol. The summed E-state index contributed by atoms with van der Waals surface area (Å²) in [5.41, 5.74) is -0.470. The average Bonchev–Trinajstić information content (AvgIpc) is 2.40. The summed E-state index contributed by atoms with van der Waals surface area (Å²) in [7, 11) is -4.65. The molecule has 0 radical (unpaired) electrons. The van der Waals surface area contributed by atoms with Crippen LogP contribution in [0, 0.1) is 0 Å². The molecule has 0 spiro atoms. The van der Waals surface area contributed by atoms with Gasteiger partial charge in [-0.2, -0.15) is 4.89 Å².